The molecule has 0 aliphatic heterocycles. The molecule has 6 heteroatoms. The zero-order chi connectivity index (χ0) is 18.4. The second-order valence-electron chi connectivity index (χ2n) is 6.40. The molecule has 134 valence electrons. The summed E-state index contributed by atoms with van der Waals surface area (Å²) < 4.78 is 69.1. The lowest BCUT2D eigenvalue weighted by molar-refractivity contribution is -0.126. The lowest BCUT2D eigenvalue weighted by Gasteiger charge is -2.36. The van der Waals surface area contributed by atoms with Gasteiger partial charge < -0.3 is 5.11 Å². The van der Waals surface area contributed by atoms with E-state index in [0.717, 1.165) is 24.1 Å². The molecule has 1 aliphatic carbocycles. The summed E-state index contributed by atoms with van der Waals surface area (Å²) >= 11 is 0. The number of benzene rings is 2. The van der Waals surface area contributed by atoms with Crippen LogP contribution in [0.2, 0.25) is 0 Å². The Morgan fingerprint density at radius 3 is 2.32 bits per heavy atom. The van der Waals surface area contributed by atoms with Crippen LogP contribution in [0.25, 0.3) is 0 Å². The van der Waals surface area contributed by atoms with Crippen molar-refractivity contribution in [1.29, 1.82) is 0 Å². The number of fused-ring (bicyclic) bond motifs is 1. The minimum absolute atomic E-state index is 0.0286. The summed E-state index contributed by atoms with van der Waals surface area (Å²) in [7, 11) is 0. The number of aliphatic hydroxyl groups excluding tert-OH is 1. The van der Waals surface area contributed by atoms with Crippen molar-refractivity contribution >= 4 is 0 Å². The molecule has 2 unspecified atom stereocenters. The fourth-order valence-corrected chi connectivity index (χ4v) is 3.42. The van der Waals surface area contributed by atoms with E-state index >= 15 is 0 Å². The average Bonchev–Trinajstić information content (AvgIpc) is 2.56. The zero-order valence-electron chi connectivity index (χ0n) is 13.5. The van der Waals surface area contributed by atoms with Gasteiger partial charge in [0.2, 0.25) is 0 Å². The molecule has 0 radical (unpaired) electrons. The predicted molar refractivity (Wildman–Crippen MR) is 83.1 cm³/mol. The van der Waals surface area contributed by atoms with Crippen LogP contribution in [0.5, 0.6) is 0 Å². The standard InChI is InChI=1S/C19H17F5O/c1-2-3-10-4-5-14-13(6-10)12(9-17(25)19(14,23)24)11-7-15(20)18(22)16(21)8-11/h4-8,12,17,25H,2-3,9H2,1H3. The van der Waals surface area contributed by atoms with Crippen molar-refractivity contribution in [2.45, 2.75) is 44.1 Å². The van der Waals surface area contributed by atoms with Crippen molar-refractivity contribution in [3.63, 3.8) is 0 Å². The average molecular weight is 356 g/mol. The van der Waals surface area contributed by atoms with Crippen molar-refractivity contribution in [1.82, 2.24) is 0 Å². The molecule has 0 fully saturated rings. The van der Waals surface area contributed by atoms with Gasteiger partial charge >= 0.3 is 0 Å². The molecule has 0 aromatic heterocycles. The molecule has 25 heavy (non-hydrogen) atoms. The van der Waals surface area contributed by atoms with Crippen molar-refractivity contribution < 1.29 is 27.1 Å². The van der Waals surface area contributed by atoms with Crippen LogP contribution in [-0.4, -0.2) is 11.2 Å². The predicted octanol–water partition coefficient (Wildman–Crippen LogP) is 5.04. The van der Waals surface area contributed by atoms with Crippen LogP contribution >= 0.6 is 0 Å². The highest BCUT2D eigenvalue weighted by Crippen LogP contribution is 2.48. The number of halogens is 5. The molecule has 0 bridgehead atoms. The van der Waals surface area contributed by atoms with E-state index in [1.807, 2.05) is 6.92 Å². The van der Waals surface area contributed by atoms with Gasteiger partial charge in [-0.1, -0.05) is 31.5 Å². The van der Waals surface area contributed by atoms with Gasteiger partial charge in [0, 0.05) is 11.5 Å². The van der Waals surface area contributed by atoms with E-state index < -0.39 is 41.8 Å². The Morgan fingerprint density at radius 1 is 1.08 bits per heavy atom. The highest BCUT2D eigenvalue weighted by atomic mass is 19.3. The Morgan fingerprint density at radius 2 is 1.72 bits per heavy atom. The van der Waals surface area contributed by atoms with Crippen LogP contribution in [0.3, 0.4) is 0 Å². The first-order chi connectivity index (χ1) is 11.8. The Hall–Kier alpha value is -1.95. The summed E-state index contributed by atoms with van der Waals surface area (Å²) in [6.07, 6.45) is -0.916. The minimum atomic E-state index is -3.45. The summed E-state index contributed by atoms with van der Waals surface area (Å²) in [5.41, 5.74) is 0.704. The minimum Gasteiger partial charge on any atom is -0.386 e. The number of hydrogen-bond donors (Lipinski definition) is 1. The fraction of sp³-hybridized carbons (Fsp3) is 0.368. The molecule has 0 amide bonds. The van der Waals surface area contributed by atoms with Crippen molar-refractivity contribution in [3.05, 3.63) is 70.0 Å². The van der Waals surface area contributed by atoms with Gasteiger partial charge in [-0.2, -0.15) is 8.78 Å². The molecule has 1 aliphatic rings. The SMILES string of the molecule is CCCc1ccc2c(c1)C(c1cc(F)c(F)c(F)c1)CC(O)C2(F)F. The maximum atomic E-state index is 14.4. The lowest BCUT2D eigenvalue weighted by atomic mass is 9.75. The van der Waals surface area contributed by atoms with Crippen LogP contribution in [0.1, 0.15) is 47.9 Å². The van der Waals surface area contributed by atoms with Gasteiger partial charge in [0.05, 0.1) is 0 Å². The van der Waals surface area contributed by atoms with E-state index in [-0.39, 0.29) is 16.7 Å². The van der Waals surface area contributed by atoms with Crippen molar-refractivity contribution in [3.8, 4) is 0 Å². The molecule has 2 atom stereocenters. The second kappa shape index (κ2) is 6.41. The molecule has 3 rings (SSSR count). The van der Waals surface area contributed by atoms with E-state index in [0.29, 0.717) is 6.42 Å². The Bertz CT molecular complexity index is 779. The summed E-state index contributed by atoms with van der Waals surface area (Å²) in [4.78, 5) is 0. The number of aryl methyl sites for hydroxylation is 1. The third kappa shape index (κ3) is 3.03. The van der Waals surface area contributed by atoms with Crippen LogP contribution in [0, 0.1) is 17.5 Å². The third-order valence-electron chi connectivity index (χ3n) is 4.68. The van der Waals surface area contributed by atoms with Crippen molar-refractivity contribution in [2.24, 2.45) is 0 Å². The summed E-state index contributed by atoms with van der Waals surface area (Å²) in [5, 5.41) is 9.87. The molecule has 1 nitrogen and oxygen atoms in total. The number of aliphatic hydroxyl groups is 1. The van der Waals surface area contributed by atoms with Crippen LogP contribution in [0.4, 0.5) is 22.0 Å². The highest BCUT2D eigenvalue weighted by Gasteiger charge is 2.48. The van der Waals surface area contributed by atoms with Crippen LogP contribution in [-0.2, 0) is 12.3 Å². The van der Waals surface area contributed by atoms with Gasteiger partial charge in [-0.3, -0.25) is 0 Å². The van der Waals surface area contributed by atoms with Gasteiger partial charge in [0.15, 0.2) is 17.5 Å². The molecule has 0 saturated heterocycles. The maximum absolute atomic E-state index is 14.4. The number of hydrogen-bond acceptors (Lipinski definition) is 1. The largest absolute Gasteiger partial charge is 0.386 e. The smallest absolute Gasteiger partial charge is 0.298 e. The summed E-state index contributed by atoms with van der Waals surface area (Å²) in [6.45, 7) is 1.94. The molecule has 0 heterocycles. The first-order valence-electron chi connectivity index (χ1n) is 8.09. The van der Waals surface area contributed by atoms with E-state index in [1.54, 1.807) is 12.1 Å². The number of rotatable bonds is 3. The van der Waals surface area contributed by atoms with E-state index in [1.165, 1.54) is 6.07 Å². The molecule has 2 aromatic carbocycles. The monoisotopic (exact) mass is 356 g/mol. The van der Waals surface area contributed by atoms with Gasteiger partial charge in [0.25, 0.3) is 5.92 Å². The van der Waals surface area contributed by atoms with Crippen LogP contribution in [0.15, 0.2) is 30.3 Å². The first-order valence-corrected chi connectivity index (χ1v) is 8.09. The highest BCUT2D eigenvalue weighted by molar-refractivity contribution is 5.46. The van der Waals surface area contributed by atoms with Crippen molar-refractivity contribution in [2.75, 3.05) is 0 Å². The Kier molecular flexibility index (Phi) is 4.58. The second-order valence-corrected chi connectivity index (χ2v) is 6.40. The molecule has 0 spiro atoms. The van der Waals surface area contributed by atoms with E-state index in [9.17, 15) is 27.1 Å². The Labute approximate surface area is 142 Å². The molecule has 1 N–H and O–H groups in total. The van der Waals surface area contributed by atoms with Gasteiger partial charge in [-0.05, 0) is 41.7 Å². The summed E-state index contributed by atoms with van der Waals surface area (Å²) in [5.74, 6) is -8.66. The molecular weight excluding hydrogens is 339 g/mol. The molecule has 2 aromatic rings. The number of alkyl halides is 2. The quantitative estimate of drug-likeness (QED) is 0.603. The van der Waals surface area contributed by atoms with E-state index in [2.05, 4.69) is 0 Å². The van der Waals surface area contributed by atoms with Crippen LogP contribution < -0.4 is 0 Å². The first kappa shape index (κ1) is 17.9. The van der Waals surface area contributed by atoms with Gasteiger partial charge in [-0.15, -0.1) is 0 Å². The third-order valence-corrected chi connectivity index (χ3v) is 4.68. The van der Waals surface area contributed by atoms with Gasteiger partial charge in [-0.25, -0.2) is 13.2 Å². The topological polar surface area (TPSA) is 20.2 Å². The van der Waals surface area contributed by atoms with E-state index in [4.69, 9.17) is 0 Å². The van der Waals surface area contributed by atoms with Gasteiger partial charge in [0.1, 0.15) is 6.10 Å². The maximum Gasteiger partial charge on any atom is 0.298 e. The zero-order valence-corrected chi connectivity index (χ0v) is 13.5. The molecule has 0 saturated carbocycles. The fourth-order valence-electron chi connectivity index (χ4n) is 3.42. The normalized spacial score (nSPS) is 21.9. The summed E-state index contributed by atoms with van der Waals surface area (Å²) in [6, 6.07) is 6.01. The Balaban J connectivity index is 2.17. The lowest BCUT2D eigenvalue weighted by Crippen LogP contribution is -2.38. The molecular formula is C19H17F5O.